The average Bonchev–Trinajstić information content (AvgIpc) is 2.93. The lowest BCUT2D eigenvalue weighted by atomic mass is 10.1. The number of halogens is 1. The quantitative estimate of drug-likeness (QED) is 0.711. The zero-order valence-corrected chi connectivity index (χ0v) is 13.4. The third kappa shape index (κ3) is 6.57. The van der Waals surface area contributed by atoms with E-state index in [1.807, 2.05) is 11.8 Å². The second-order valence-corrected chi connectivity index (χ2v) is 5.08. The van der Waals surface area contributed by atoms with Gasteiger partial charge < -0.3 is 15.5 Å². The molecule has 5 nitrogen and oxygen atoms in total. The van der Waals surface area contributed by atoms with Crippen LogP contribution in [0.2, 0.25) is 0 Å². The molecule has 1 fully saturated rings. The Morgan fingerprint density at radius 1 is 1.25 bits per heavy atom. The van der Waals surface area contributed by atoms with Crippen LogP contribution in [0.5, 0.6) is 0 Å². The molecule has 0 radical (unpaired) electrons. The highest BCUT2D eigenvalue weighted by Crippen LogP contribution is 2.11. The second kappa shape index (κ2) is 10.9. The predicted octanol–water partition coefficient (Wildman–Crippen LogP) is 1.32. The molecule has 1 aliphatic rings. The van der Waals surface area contributed by atoms with E-state index < -0.39 is 0 Å². The first-order chi connectivity index (χ1) is 9.19. The van der Waals surface area contributed by atoms with E-state index in [-0.39, 0.29) is 24.2 Å². The average molecular weight is 306 g/mol. The molecule has 0 aromatic rings. The first kappa shape index (κ1) is 19.2. The van der Waals surface area contributed by atoms with Gasteiger partial charge in [0, 0.05) is 38.5 Å². The van der Waals surface area contributed by atoms with Gasteiger partial charge in [0.15, 0.2) is 0 Å². The summed E-state index contributed by atoms with van der Waals surface area (Å²) in [4.78, 5) is 25.7. The fraction of sp³-hybridized carbons (Fsp3) is 0.857. The Morgan fingerprint density at radius 3 is 2.55 bits per heavy atom. The van der Waals surface area contributed by atoms with Crippen LogP contribution >= 0.6 is 12.4 Å². The molecule has 20 heavy (non-hydrogen) atoms. The van der Waals surface area contributed by atoms with Crippen LogP contribution in [0, 0.1) is 0 Å². The maximum atomic E-state index is 12.2. The number of hydrogen-bond donors (Lipinski definition) is 2. The number of nitrogens with zero attached hydrogens (tertiary/aromatic N) is 1. The highest BCUT2D eigenvalue weighted by molar-refractivity contribution is 5.85. The van der Waals surface area contributed by atoms with Crippen molar-refractivity contribution in [2.24, 2.45) is 0 Å². The van der Waals surface area contributed by atoms with Gasteiger partial charge in [0.05, 0.1) is 0 Å². The van der Waals surface area contributed by atoms with Crippen LogP contribution in [0.4, 0.5) is 0 Å². The standard InChI is InChI=1S/C14H27N3O2.ClH/c1-3-8-16-13(18)5-6-14(19)17(10-4-2)12-7-9-15-11-12;/h12,15H,3-11H2,1-2H3,(H,16,18);1H. The molecular weight excluding hydrogens is 278 g/mol. The maximum absolute atomic E-state index is 12.2. The van der Waals surface area contributed by atoms with E-state index in [1.165, 1.54) is 0 Å². The molecule has 6 heteroatoms. The summed E-state index contributed by atoms with van der Waals surface area (Å²) in [6, 6.07) is 0.311. The van der Waals surface area contributed by atoms with Gasteiger partial charge in [0.2, 0.25) is 11.8 Å². The zero-order valence-electron chi connectivity index (χ0n) is 12.6. The molecule has 0 aromatic carbocycles. The highest BCUT2D eigenvalue weighted by Gasteiger charge is 2.25. The Kier molecular flexibility index (Phi) is 10.5. The fourth-order valence-corrected chi connectivity index (χ4v) is 2.37. The summed E-state index contributed by atoms with van der Waals surface area (Å²) in [5, 5.41) is 6.09. The molecule has 118 valence electrons. The van der Waals surface area contributed by atoms with E-state index in [9.17, 15) is 9.59 Å². The fourth-order valence-electron chi connectivity index (χ4n) is 2.37. The first-order valence-electron chi connectivity index (χ1n) is 7.45. The van der Waals surface area contributed by atoms with E-state index in [2.05, 4.69) is 17.6 Å². The van der Waals surface area contributed by atoms with Crippen molar-refractivity contribution in [2.75, 3.05) is 26.2 Å². The number of carbonyl (C=O) groups excluding carboxylic acids is 2. The van der Waals surface area contributed by atoms with Gasteiger partial charge in [-0.25, -0.2) is 0 Å². The molecule has 1 unspecified atom stereocenters. The van der Waals surface area contributed by atoms with E-state index in [0.717, 1.165) is 38.9 Å². The van der Waals surface area contributed by atoms with Crippen molar-refractivity contribution >= 4 is 24.2 Å². The lowest BCUT2D eigenvalue weighted by Crippen LogP contribution is -2.42. The molecule has 0 saturated carbocycles. The van der Waals surface area contributed by atoms with Gasteiger partial charge in [-0.3, -0.25) is 9.59 Å². The highest BCUT2D eigenvalue weighted by atomic mass is 35.5. The SMILES string of the molecule is CCCNC(=O)CCC(=O)N(CCC)C1CCNC1.Cl. The van der Waals surface area contributed by atoms with Crippen LogP contribution < -0.4 is 10.6 Å². The molecule has 1 rings (SSSR count). The zero-order chi connectivity index (χ0) is 14.1. The summed E-state index contributed by atoms with van der Waals surface area (Å²) in [6.45, 7) is 7.45. The maximum Gasteiger partial charge on any atom is 0.223 e. The summed E-state index contributed by atoms with van der Waals surface area (Å²) in [5.41, 5.74) is 0. The molecule has 0 aromatic heterocycles. The summed E-state index contributed by atoms with van der Waals surface area (Å²) in [5.74, 6) is 0.0957. The minimum atomic E-state index is -0.0174. The summed E-state index contributed by atoms with van der Waals surface area (Å²) in [6.07, 6.45) is 3.54. The van der Waals surface area contributed by atoms with E-state index in [1.54, 1.807) is 0 Å². The van der Waals surface area contributed by atoms with Crippen molar-refractivity contribution in [3.63, 3.8) is 0 Å². The number of carbonyl (C=O) groups is 2. The van der Waals surface area contributed by atoms with Crippen molar-refractivity contribution in [2.45, 2.75) is 52.0 Å². The largest absolute Gasteiger partial charge is 0.356 e. The molecule has 1 aliphatic heterocycles. The molecular formula is C14H28ClN3O2. The van der Waals surface area contributed by atoms with Gasteiger partial charge in [0.1, 0.15) is 0 Å². The topological polar surface area (TPSA) is 61.4 Å². The normalized spacial score (nSPS) is 17.4. The molecule has 1 heterocycles. The van der Waals surface area contributed by atoms with Crippen molar-refractivity contribution < 1.29 is 9.59 Å². The Balaban J connectivity index is 0.00000361. The van der Waals surface area contributed by atoms with Crippen molar-refractivity contribution in [1.29, 1.82) is 0 Å². The molecule has 0 spiro atoms. The summed E-state index contributed by atoms with van der Waals surface area (Å²) in [7, 11) is 0. The summed E-state index contributed by atoms with van der Waals surface area (Å²) < 4.78 is 0. The van der Waals surface area contributed by atoms with Gasteiger partial charge >= 0.3 is 0 Å². The van der Waals surface area contributed by atoms with E-state index >= 15 is 0 Å². The van der Waals surface area contributed by atoms with Gasteiger partial charge in [-0.05, 0) is 25.8 Å². The minimum absolute atomic E-state index is 0. The summed E-state index contributed by atoms with van der Waals surface area (Å²) >= 11 is 0. The Bertz CT molecular complexity index is 294. The Morgan fingerprint density at radius 2 is 2.00 bits per heavy atom. The van der Waals surface area contributed by atoms with Gasteiger partial charge in [-0.1, -0.05) is 13.8 Å². The molecule has 0 aliphatic carbocycles. The first-order valence-corrected chi connectivity index (χ1v) is 7.45. The van der Waals surface area contributed by atoms with Crippen LogP contribution in [-0.4, -0.2) is 48.9 Å². The Labute approximate surface area is 128 Å². The minimum Gasteiger partial charge on any atom is -0.356 e. The van der Waals surface area contributed by atoms with Gasteiger partial charge in [0.25, 0.3) is 0 Å². The van der Waals surface area contributed by atoms with Crippen LogP contribution in [0.1, 0.15) is 46.0 Å². The second-order valence-electron chi connectivity index (χ2n) is 5.08. The molecule has 2 N–H and O–H groups in total. The Hall–Kier alpha value is -0.810. The van der Waals surface area contributed by atoms with Gasteiger partial charge in [-0.15, -0.1) is 12.4 Å². The van der Waals surface area contributed by atoms with Gasteiger partial charge in [-0.2, -0.15) is 0 Å². The monoisotopic (exact) mass is 305 g/mol. The number of amides is 2. The van der Waals surface area contributed by atoms with E-state index in [4.69, 9.17) is 0 Å². The number of rotatable bonds is 8. The third-order valence-corrected chi connectivity index (χ3v) is 3.40. The molecule has 0 bridgehead atoms. The van der Waals surface area contributed by atoms with Crippen molar-refractivity contribution in [3.8, 4) is 0 Å². The lowest BCUT2D eigenvalue weighted by Gasteiger charge is -2.28. The van der Waals surface area contributed by atoms with Crippen LogP contribution in [0.15, 0.2) is 0 Å². The number of nitrogens with one attached hydrogen (secondary N) is 2. The number of hydrogen-bond acceptors (Lipinski definition) is 3. The lowest BCUT2D eigenvalue weighted by molar-refractivity contribution is -0.135. The molecule has 1 saturated heterocycles. The van der Waals surface area contributed by atoms with Crippen LogP contribution in [0.25, 0.3) is 0 Å². The predicted molar refractivity (Wildman–Crippen MR) is 83.1 cm³/mol. The third-order valence-electron chi connectivity index (χ3n) is 3.40. The molecule has 2 amide bonds. The smallest absolute Gasteiger partial charge is 0.223 e. The van der Waals surface area contributed by atoms with Crippen LogP contribution in [-0.2, 0) is 9.59 Å². The van der Waals surface area contributed by atoms with Crippen LogP contribution in [0.3, 0.4) is 0 Å². The van der Waals surface area contributed by atoms with Crippen molar-refractivity contribution in [1.82, 2.24) is 15.5 Å². The molecule has 1 atom stereocenters. The van der Waals surface area contributed by atoms with Crippen molar-refractivity contribution in [3.05, 3.63) is 0 Å². The van der Waals surface area contributed by atoms with E-state index in [0.29, 0.717) is 25.4 Å².